The SMILES string of the molecule is CC(Cc1cn(-c2ccccc2Cl)c2ccccc12)=NO. The first-order valence-electron chi connectivity index (χ1n) is 6.72. The van der Waals surface area contributed by atoms with Gasteiger partial charge in [-0.1, -0.05) is 47.1 Å². The van der Waals surface area contributed by atoms with E-state index in [0.29, 0.717) is 17.2 Å². The summed E-state index contributed by atoms with van der Waals surface area (Å²) in [4.78, 5) is 0. The topological polar surface area (TPSA) is 37.5 Å². The van der Waals surface area contributed by atoms with E-state index in [4.69, 9.17) is 16.8 Å². The van der Waals surface area contributed by atoms with Crippen LogP contribution in [0.5, 0.6) is 0 Å². The van der Waals surface area contributed by atoms with Gasteiger partial charge in [0.25, 0.3) is 0 Å². The van der Waals surface area contributed by atoms with E-state index in [2.05, 4.69) is 28.1 Å². The Morgan fingerprint density at radius 2 is 1.86 bits per heavy atom. The van der Waals surface area contributed by atoms with Gasteiger partial charge in [0, 0.05) is 18.0 Å². The number of halogens is 1. The summed E-state index contributed by atoms with van der Waals surface area (Å²) in [6.07, 6.45) is 2.66. The summed E-state index contributed by atoms with van der Waals surface area (Å²) >= 11 is 6.32. The number of oxime groups is 1. The van der Waals surface area contributed by atoms with Crippen LogP contribution in [0.1, 0.15) is 12.5 Å². The maximum atomic E-state index is 8.90. The summed E-state index contributed by atoms with van der Waals surface area (Å²) in [5, 5.41) is 14.0. The van der Waals surface area contributed by atoms with Crippen LogP contribution in [0.4, 0.5) is 0 Å². The summed E-state index contributed by atoms with van der Waals surface area (Å²) in [6.45, 7) is 1.81. The van der Waals surface area contributed by atoms with E-state index in [1.54, 1.807) is 0 Å². The van der Waals surface area contributed by atoms with Gasteiger partial charge in [0.15, 0.2) is 0 Å². The second-order valence-corrected chi connectivity index (χ2v) is 5.41. The standard InChI is InChI=1S/C17H15ClN2O/c1-12(19-21)10-13-11-20(16-8-4-2-6-14(13)16)17-9-5-3-7-15(17)18/h2-9,11,21H,10H2,1H3. The molecule has 21 heavy (non-hydrogen) atoms. The third-order valence-corrected chi connectivity index (χ3v) is 3.84. The van der Waals surface area contributed by atoms with Crippen molar-refractivity contribution in [1.82, 2.24) is 4.57 Å². The molecule has 0 unspecified atom stereocenters. The first-order valence-corrected chi connectivity index (χ1v) is 7.10. The van der Waals surface area contributed by atoms with Crippen molar-refractivity contribution in [2.45, 2.75) is 13.3 Å². The van der Waals surface area contributed by atoms with Crippen LogP contribution in [-0.2, 0) is 6.42 Å². The maximum Gasteiger partial charge on any atom is 0.0646 e. The molecule has 1 N–H and O–H groups in total. The van der Waals surface area contributed by atoms with Crippen LogP contribution >= 0.6 is 11.6 Å². The molecule has 0 saturated carbocycles. The van der Waals surface area contributed by atoms with Crippen molar-refractivity contribution in [3.63, 3.8) is 0 Å². The van der Waals surface area contributed by atoms with Crippen molar-refractivity contribution in [3.8, 4) is 5.69 Å². The van der Waals surface area contributed by atoms with E-state index in [0.717, 1.165) is 22.2 Å². The minimum absolute atomic E-state index is 0.606. The van der Waals surface area contributed by atoms with Gasteiger partial charge in [0.05, 0.1) is 21.9 Å². The van der Waals surface area contributed by atoms with Gasteiger partial charge in [-0.2, -0.15) is 0 Å². The molecule has 0 saturated heterocycles. The highest BCUT2D eigenvalue weighted by molar-refractivity contribution is 6.32. The Morgan fingerprint density at radius 1 is 1.14 bits per heavy atom. The van der Waals surface area contributed by atoms with Crippen LogP contribution in [0.3, 0.4) is 0 Å². The molecule has 2 aromatic carbocycles. The molecule has 0 fully saturated rings. The summed E-state index contributed by atoms with van der Waals surface area (Å²) in [6, 6.07) is 15.9. The lowest BCUT2D eigenvalue weighted by atomic mass is 10.1. The van der Waals surface area contributed by atoms with Gasteiger partial charge in [0.1, 0.15) is 0 Å². The second-order valence-electron chi connectivity index (χ2n) is 5.00. The van der Waals surface area contributed by atoms with E-state index in [9.17, 15) is 0 Å². The Hall–Kier alpha value is -2.26. The molecule has 0 radical (unpaired) electrons. The lowest BCUT2D eigenvalue weighted by molar-refractivity contribution is 0.317. The van der Waals surface area contributed by atoms with Crippen molar-refractivity contribution >= 4 is 28.2 Å². The predicted octanol–water partition coefficient (Wildman–Crippen LogP) is 4.68. The molecule has 0 atom stereocenters. The summed E-state index contributed by atoms with van der Waals surface area (Å²) < 4.78 is 2.08. The van der Waals surface area contributed by atoms with E-state index in [1.807, 2.05) is 43.3 Å². The van der Waals surface area contributed by atoms with Crippen molar-refractivity contribution < 1.29 is 5.21 Å². The Morgan fingerprint density at radius 3 is 2.62 bits per heavy atom. The van der Waals surface area contributed by atoms with E-state index in [1.165, 1.54) is 0 Å². The summed E-state index contributed by atoms with van der Waals surface area (Å²) in [5.41, 5.74) is 3.82. The molecule has 0 aliphatic heterocycles. The molecular weight excluding hydrogens is 284 g/mol. The maximum absolute atomic E-state index is 8.90. The first kappa shape index (κ1) is 13.7. The normalized spacial score (nSPS) is 12.0. The highest BCUT2D eigenvalue weighted by Crippen LogP contribution is 2.28. The highest BCUT2D eigenvalue weighted by Gasteiger charge is 2.12. The van der Waals surface area contributed by atoms with Crippen molar-refractivity contribution in [2.24, 2.45) is 5.16 Å². The van der Waals surface area contributed by atoms with E-state index >= 15 is 0 Å². The van der Waals surface area contributed by atoms with Crippen LogP contribution in [0.2, 0.25) is 5.02 Å². The largest absolute Gasteiger partial charge is 0.411 e. The number of fused-ring (bicyclic) bond motifs is 1. The van der Waals surface area contributed by atoms with Crippen molar-refractivity contribution in [1.29, 1.82) is 0 Å². The summed E-state index contributed by atoms with van der Waals surface area (Å²) in [7, 11) is 0. The smallest absolute Gasteiger partial charge is 0.0646 e. The van der Waals surface area contributed by atoms with Gasteiger partial charge in [-0.15, -0.1) is 0 Å². The molecule has 0 aliphatic carbocycles. The average molecular weight is 299 g/mol. The molecule has 106 valence electrons. The number of nitrogens with zero attached hydrogens (tertiary/aromatic N) is 2. The molecule has 0 spiro atoms. The number of rotatable bonds is 3. The molecule has 3 rings (SSSR count). The fraction of sp³-hybridized carbons (Fsp3) is 0.118. The Balaban J connectivity index is 2.23. The fourth-order valence-electron chi connectivity index (χ4n) is 2.55. The lowest BCUT2D eigenvalue weighted by Crippen LogP contribution is -1.97. The zero-order valence-electron chi connectivity index (χ0n) is 11.6. The minimum atomic E-state index is 0.606. The minimum Gasteiger partial charge on any atom is -0.411 e. The van der Waals surface area contributed by atoms with Crippen LogP contribution in [-0.4, -0.2) is 15.5 Å². The second kappa shape index (κ2) is 5.62. The molecule has 1 aromatic heterocycles. The van der Waals surface area contributed by atoms with Crippen molar-refractivity contribution in [3.05, 3.63) is 65.3 Å². The zero-order chi connectivity index (χ0) is 14.8. The van der Waals surface area contributed by atoms with E-state index < -0.39 is 0 Å². The predicted molar refractivity (Wildman–Crippen MR) is 86.9 cm³/mol. The molecule has 1 heterocycles. The summed E-state index contributed by atoms with van der Waals surface area (Å²) in [5.74, 6) is 0. The van der Waals surface area contributed by atoms with Crippen LogP contribution < -0.4 is 0 Å². The molecular formula is C17H15ClN2O. The molecule has 0 bridgehead atoms. The highest BCUT2D eigenvalue weighted by atomic mass is 35.5. The van der Waals surface area contributed by atoms with Crippen LogP contribution in [0.25, 0.3) is 16.6 Å². The number of aromatic nitrogens is 1. The Labute approximate surface area is 128 Å². The molecule has 4 heteroatoms. The Kier molecular flexibility index (Phi) is 3.67. The number of hydrogen-bond donors (Lipinski definition) is 1. The molecule has 0 amide bonds. The third-order valence-electron chi connectivity index (χ3n) is 3.52. The lowest BCUT2D eigenvalue weighted by Gasteiger charge is -2.07. The fourth-order valence-corrected chi connectivity index (χ4v) is 2.78. The van der Waals surface area contributed by atoms with Gasteiger partial charge < -0.3 is 9.77 Å². The van der Waals surface area contributed by atoms with Crippen LogP contribution in [0, 0.1) is 0 Å². The van der Waals surface area contributed by atoms with Gasteiger partial charge >= 0.3 is 0 Å². The van der Waals surface area contributed by atoms with Crippen molar-refractivity contribution in [2.75, 3.05) is 0 Å². The van der Waals surface area contributed by atoms with Gasteiger partial charge in [0.2, 0.25) is 0 Å². The van der Waals surface area contributed by atoms with E-state index in [-0.39, 0.29) is 0 Å². The van der Waals surface area contributed by atoms with Gasteiger partial charge in [-0.3, -0.25) is 0 Å². The average Bonchev–Trinajstić information content (AvgIpc) is 2.86. The van der Waals surface area contributed by atoms with Gasteiger partial charge in [-0.05, 0) is 30.7 Å². The Bertz CT molecular complexity index is 821. The zero-order valence-corrected chi connectivity index (χ0v) is 12.4. The molecule has 3 nitrogen and oxygen atoms in total. The quantitative estimate of drug-likeness (QED) is 0.425. The number of benzene rings is 2. The first-order chi connectivity index (χ1) is 10.2. The molecule has 0 aliphatic rings. The molecule has 3 aromatic rings. The van der Waals surface area contributed by atoms with Gasteiger partial charge in [-0.25, -0.2) is 0 Å². The third kappa shape index (κ3) is 2.52. The monoisotopic (exact) mass is 298 g/mol. The number of para-hydroxylation sites is 2. The van der Waals surface area contributed by atoms with Crippen LogP contribution in [0.15, 0.2) is 59.9 Å². The number of hydrogen-bond acceptors (Lipinski definition) is 2.